The molecule has 4 aromatic rings. The van der Waals surface area contributed by atoms with Gasteiger partial charge in [-0.2, -0.15) is 4.52 Å². The van der Waals surface area contributed by atoms with Gasteiger partial charge in [-0.05, 0) is 35.9 Å². The van der Waals surface area contributed by atoms with Gasteiger partial charge in [0.1, 0.15) is 17.7 Å². The molecule has 1 atom stereocenters. The Hall–Kier alpha value is -3.59. The fourth-order valence-corrected chi connectivity index (χ4v) is 3.29. The van der Waals surface area contributed by atoms with E-state index in [1.807, 2.05) is 18.2 Å². The van der Waals surface area contributed by atoms with Crippen LogP contribution in [-0.4, -0.2) is 44.1 Å². The highest BCUT2D eigenvalue weighted by Gasteiger charge is 2.18. The topological polar surface area (TPSA) is 86.5 Å². The summed E-state index contributed by atoms with van der Waals surface area (Å²) in [6.07, 6.45) is 2.64. The van der Waals surface area contributed by atoms with Gasteiger partial charge in [-0.3, -0.25) is 0 Å². The average molecular weight is 406 g/mol. The van der Waals surface area contributed by atoms with Crippen LogP contribution >= 0.6 is 0 Å². The van der Waals surface area contributed by atoms with Crippen LogP contribution in [0, 0.1) is 5.82 Å². The van der Waals surface area contributed by atoms with Crippen LogP contribution in [0.15, 0.2) is 54.7 Å². The molecule has 1 aromatic carbocycles. The molecule has 0 radical (unpaired) electrons. The van der Waals surface area contributed by atoms with Gasteiger partial charge in [-0.1, -0.05) is 12.1 Å². The number of halogens is 1. The standard InChI is InChI=1S/C21H19FN6O2/c22-17-4-2-1-3-16(17)21-26-25-19-6-5-18(27-28(19)21)24-12-14-7-9-23-20(11-14)30-15-8-10-29-13-15/h1-7,9,11,15H,8,10,12-13H2,(H,24,27). The Kier molecular flexibility index (Phi) is 4.94. The summed E-state index contributed by atoms with van der Waals surface area (Å²) in [7, 11) is 0. The monoisotopic (exact) mass is 406 g/mol. The number of pyridine rings is 1. The van der Waals surface area contributed by atoms with Crippen LogP contribution in [0.25, 0.3) is 17.0 Å². The predicted octanol–water partition coefficient (Wildman–Crippen LogP) is 3.11. The van der Waals surface area contributed by atoms with Gasteiger partial charge in [0.25, 0.3) is 0 Å². The van der Waals surface area contributed by atoms with Crippen LogP contribution in [0.5, 0.6) is 5.88 Å². The summed E-state index contributed by atoms with van der Waals surface area (Å²) in [5.74, 6) is 1.17. The molecule has 8 nitrogen and oxygen atoms in total. The van der Waals surface area contributed by atoms with E-state index in [4.69, 9.17) is 9.47 Å². The number of ether oxygens (including phenoxy) is 2. The minimum atomic E-state index is -0.371. The second-order valence-electron chi connectivity index (χ2n) is 6.95. The van der Waals surface area contributed by atoms with Gasteiger partial charge < -0.3 is 14.8 Å². The van der Waals surface area contributed by atoms with E-state index < -0.39 is 0 Å². The third-order valence-electron chi connectivity index (χ3n) is 4.83. The lowest BCUT2D eigenvalue weighted by atomic mass is 10.2. The molecule has 1 aliphatic heterocycles. The van der Waals surface area contributed by atoms with E-state index in [-0.39, 0.29) is 11.9 Å². The van der Waals surface area contributed by atoms with Crippen molar-refractivity contribution in [3.63, 3.8) is 0 Å². The second-order valence-corrected chi connectivity index (χ2v) is 6.95. The van der Waals surface area contributed by atoms with E-state index in [1.54, 1.807) is 30.5 Å². The van der Waals surface area contributed by atoms with E-state index in [2.05, 4.69) is 25.6 Å². The van der Waals surface area contributed by atoms with Gasteiger partial charge in [-0.15, -0.1) is 15.3 Å². The van der Waals surface area contributed by atoms with Crippen molar-refractivity contribution in [3.05, 3.63) is 66.1 Å². The Morgan fingerprint density at radius 2 is 2.10 bits per heavy atom. The molecule has 0 amide bonds. The molecular formula is C21H19FN6O2. The lowest BCUT2D eigenvalue weighted by Gasteiger charge is -2.12. The number of hydrogen-bond donors (Lipinski definition) is 1. The summed E-state index contributed by atoms with van der Waals surface area (Å²) in [6, 6.07) is 13.8. The molecule has 0 spiro atoms. The normalized spacial score (nSPS) is 16.1. The van der Waals surface area contributed by atoms with Crippen molar-refractivity contribution in [3.8, 4) is 17.3 Å². The predicted molar refractivity (Wildman–Crippen MR) is 108 cm³/mol. The third-order valence-corrected chi connectivity index (χ3v) is 4.83. The Bertz CT molecular complexity index is 1180. The van der Waals surface area contributed by atoms with Crippen molar-refractivity contribution in [1.29, 1.82) is 0 Å². The quantitative estimate of drug-likeness (QED) is 0.526. The maximum absolute atomic E-state index is 14.2. The Morgan fingerprint density at radius 1 is 1.17 bits per heavy atom. The Labute approximate surface area is 171 Å². The fourth-order valence-electron chi connectivity index (χ4n) is 3.29. The zero-order valence-electron chi connectivity index (χ0n) is 16.0. The van der Waals surface area contributed by atoms with Crippen LogP contribution in [-0.2, 0) is 11.3 Å². The summed E-state index contributed by atoms with van der Waals surface area (Å²) in [4.78, 5) is 4.27. The SMILES string of the molecule is Fc1ccccc1-c1nnc2ccc(NCc3ccnc(OC4CCOC4)c3)nn12. The van der Waals surface area contributed by atoms with Crippen molar-refractivity contribution in [2.45, 2.75) is 19.1 Å². The molecule has 1 fully saturated rings. The molecule has 9 heteroatoms. The van der Waals surface area contributed by atoms with Crippen molar-refractivity contribution < 1.29 is 13.9 Å². The van der Waals surface area contributed by atoms with Crippen LogP contribution in [0.4, 0.5) is 10.2 Å². The lowest BCUT2D eigenvalue weighted by molar-refractivity contribution is 0.138. The number of nitrogens with one attached hydrogen (secondary N) is 1. The molecule has 0 saturated carbocycles. The molecule has 30 heavy (non-hydrogen) atoms. The minimum Gasteiger partial charge on any atom is -0.472 e. The highest BCUT2D eigenvalue weighted by molar-refractivity contribution is 5.60. The first-order valence-corrected chi connectivity index (χ1v) is 9.67. The zero-order chi connectivity index (χ0) is 20.3. The second kappa shape index (κ2) is 8.03. The highest BCUT2D eigenvalue weighted by atomic mass is 19.1. The number of rotatable bonds is 6. The smallest absolute Gasteiger partial charge is 0.213 e. The maximum Gasteiger partial charge on any atom is 0.213 e. The van der Waals surface area contributed by atoms with Crippen LogP contribution < -0.4 is 10.1 Å². The maximum atomic E-state index is 14.2. The van der Waals surface area contributed by atoms with Gasteiger partial charge in [-0.25, -0.2) is 9.37 Å². The first kappa shape index (κ1) is 18.4. The zero-order valence-corrected chi connectivity index (χ0v) is 16.0. The molecular weight excluding hydrogens is 387 g/mol. The van der Waals surface area contributed by atoms with Gasteiger partial charge in [0.15, 0.2) is 11.5 Å². The summed E-state index contributed by atoms with van der Waals surface area (Å²) >= 11 is 0. The Morgan fingerprint density at radius 3 is 2.97 bits per heavy atom. The van der Waals surface area contributed by atoms with Crippen molar-refractivity contribution in [1.82, 2.24) is 24.8 Å². The molecule has 0 aliphatic carbocycles. The van der Waals surface area contributed by atoms with E-state index in [9.17, 15) is 4.39 Å². The fraction of sp³-hybridized carbons (Fsp3) is 0.238. The highest BCUT2D eigenvalue weighted by Crippen LogP contribution is 2.22. The molecule has 3 aromatic heterocycles. The number of aromatic nitrogens is 5. The van der Waals surface area contributed by atoms with E-state index >= 15 is 0 Å². The average Bonchev–Trinajstić information content (AvgIpc) is 3.42. The molecule has 4 heterocycles. The van der Waals surface area contributed by atoms with Crippen LogP contribution in [0.2, 0.25) is 0 Å². The molecule has 0 bridgehead atoms. The number of hydrogen-bond acceptors (Lipinski definition) is 7. The van der Waals surface area contributed by atoms with Crippen molar-refractivity contribution in [2.75, 3.05) is 18.5 Å². The van der Waals surface area contributed by atoms with Crippen molar-refractivity contribution in [2.24, 2.45) is 0 Å². The molecule has 1 N–H and O–H groups in total. The largest absolute Gasteiger partial charge is 0.472 e. The summed E-state index contributed by atoms with van der Waals surface area (Å²) in [5.41, 5.74) is 1.89. The number of anilines is 1. The summed E-state index contributed by atoms with van der Waals surface area (Å²) in [5, 5.41) is 16.0. The van der Waals surface area contributed by atoms with Gasteiger partial charge in [0.05, 0.1) is 18.8 Å². The molecule has 152 valence electrons. The number of nitrogens with zero attached hydrogens (tertiary/aromatic N) is 5. The third kappa shape index (κ3) is 3.79. The van der Waals surface area contributed by atoms with Gasteiger partial charge in [0.2, 0.25) is 5.88 Å². The van der Waals surface area contributed by atoms with E-state index in [0.29, 0.717) is 41.9 Å². The first-order chi connectivity index (χ1) is 14.8. The number of benzene rings is 1. The summed E-state index contributed by atoms with van der Waals surface area (Å²) < 4.78 is 26.9. The van der Waals surface area contributed by atoms with Crippen LogP contribution in [0.3, 0.4) is 0 Å². The van der Waals surface area contributed by atoms with E-state index in [1.165, 1.54) is 10.6 Å². The van der Waals surface area contributed by atoms with Gasteiger partial charge >= 0.3 is 0 Å². The number of fused-ring (bicyclic) bond motifs is 1. The van der Waals surface area contributed by atoms with Crippen LogP contribution in [0.1, 0.15) is 12.0 Å². The first-order valence-electron chi connectivity index (χ1n) is 9.67. The van der Waals surface area contributed by atoms with Gasteiger partial charge in [0, 0.05) is 25.2 Å². The molecule has 1 saturated heterocycles. The van der Waals surface area contributed by atoms with Crippen molar-refractivity contribution >= 4 is 11.5 Å². The summed E-state index contributed by atoms with van der Waals surface area (Å²) in [6.45, 7) is 1.84. The van der Waals surface area contributed by atoms with E-state index in [0.717, 1.165) is 18.6 Å². The minimum absolute atomic E-state index is 0.0512. The lowest BCUT2D eigenvalue weighted by Crippen LogP contribution is -2.16. The molecule has 1 aliphatic rings. The molecule has 5 rings (SSSR count). The molecule has 1 unspecified atom stereocenters. The Balaban J connectivity index is 1.34.